The second-order valence-corrected chi connectivity index (χ2v) is 8.27. The molecule has 0 radical (unpaired) electrons. The summed E-state index contributed by atoms with van der Waals surface area (Å²) in [4.78, 5) is 32.2. The summed E-state index contributed by atoms with van der Waals surface area (Å²) >= 11 is 0. The lowest BCUT2D eigenvalue weighted by molar-refractivity contribution is -0.114. The highest BCUT2D eigenvalue weighted by atomic mass is 16.5. The number of fused-ring (bicyclic) bond motifs is 1. The Morgan fingerprint density at radius 1 is 0.889 bits per heavy atom. The average molecular weight is 487 g/mol. The number of H-pyrrole nitrogens is 1. The molecule has 0 saturated heterocycles. The standard InChI is InChI=1S/C28H30N4O4/c1-4-35-22-12-14-26(36-5-2)25(17-22)32-28(34)20-9-13-23-24(16-20)31-27(30-23)15-8-19-6-10-21(11-7-19)29-18(3)33/h6-7,9-14,16-17H,4-5,8,15H2,1-3H3,(H,29,33)(H,30,31)(H,32,34). The van der Waals surface area contributed by atoms with Gasteiger partial charge < -0.3 is 25.1 Å². The van der Waals surface area contributed by atoms with E-state index < -0.39 is 0 Å². The molecule has 4 aromatic rings. The van der Waals surface area contributed by atoms with E-state index in [0.29, 0.717) is 36.0 Å². The second-order valence-electron chi connectivity index (χ2n) is 8.27. The lowest BCUT2D eigenvalue weighted by Crippen LogP contribution is -2.13. The van der Waals surface area contributed by atoms with E-state index in [1.807, 2.05) is 50.2 Å². The molecular weight excluding hydrogens is 456 g/mol. The van der Waals surface area contributed by atoms with E-state index in [2.05, 4.69) is 20.6 Å². The topological polar surface area (TPSA) is 105 Å². The van der Waals surface area contributed by atoms with E-state index in [0.717, 1.165) is 41.0 Å². The van der Waals surface area contributed by atoms with Gasteiger partial charge in [0.05, 0.1) is 29.9 Å². The van der Waals surface area contributed by atoms with Crippen molar-refractivity contribution in [2.45, 2.75) is 33.6 Å². The van der Waals surface area contributed by atoms with Crippen LogP contribution in [0.5, 0.6) is 11.5 Å². The molecule has 3 N–H and O–H groups in total. The average Bonchev–Trinajstić information content (AvgIpc) is 3.27. The van der Waals surface area contributed by atoms with Gasteiger partial charge in [-0.15, -0.1) is 0 Å². The van der Waals surface area contributed by atoms with Crippen LogP contribution >= 0.6 is 0 Å². The fourth-order valence-corrected chi connectivity index (χ4v) is 3.88. The minimum Gasteiger partial charge on any atom is -0.494 e. The molecule has 8 heteroatoms. The number of nitrogens with one attached hydrogen (secondary N) is 3. The van der Waals surface area contributed by atoms with Gasteiger partial charge >= 0.3 is 0 Å². The first-order chi connectivity index (χ1) is 17.4. The number of aromatic nitrogens is 2. The number of anilines is 2. The highest BCUT2D eigenvalue weighted by Gasteiger charge is 2.13. The summed E-state index contributed by atoms with van der Waals surface area (Å²) in [6.45, 7) is 6.31. The van der Waals surface area contributed by atoms with Gasteiger partial charge in [0.2, 0.25) is 5.91 Å². The molecule has 8 nitrogen and oxygen atoms in total. The van der Waals surface area contributed by atoms with Crippen molar-refractivity contribution in [2.75, 3.05) is 23.8 Å². The van der Waals surface area contributed by atoms with Crippen molar-refractivity contribution in [2.24, 2.45) is 0 Å². The maximum atomic E-state index is 13.0. The Bertz CT molecular complexity index is 1360. The third-order valence-corrected chi connectivity index (χ3v) is 5.53. The molecule has 36 heavy (non-hydrogen) atoms. The van der Waals surface area contributed by atoms with Crippen molar-refractivity contribution in [3.8, 4) is 11.5 Å². The normalized spacial score (nSPS) is 10.8. The highest BCUT2D eigenvalue weighted by molar-refractivity contribution is 6.06. The summed E-state index contributed by atoms with van der Waals surface area (Å²) in [6, 6.07) is 18.5. The van der Waals surface area contributed by atoms with E-state index in [9.17, 15) is 9.59 Å². The number of rotatable bonds is 10. The minimum atomic E-state index is -0.248. The molecule has 0 bridgehead atoms. The monoisotopic (exact) mass is 486 g/mol. The summed E-state index contributed by atoms with van der Waals surface area (Å²) in [7, 11) is 0. The first-order valence-electron chi connectivity index (χ1n) is 12.0. The van der Waals surface area contributed by atoms with Crippen molar-refractivity contribution in [3.05, 3.63) is 77.6 Å². The smallest absolute Gasteiger partial charge is 0.255 e. The number of ether oxygens (including phenoxy) is 2. The Hall–Kier alpha value is -4.33. The zero-order valence-corrected chi connectivity index (χ0v) is 20.7. The van der Waals surface area contributed by atoms with Crippen molar-refractivity contribution in [1.82, 2.24) is 9.97 Å². The van der Waals surface area contributed by atoms with Gasteiger partial charge in [0.25, 0.3) is 5.91 Å². The molecule has 0 fully saturated rings. The van der Waals surface area contributed by atoms with Crippen LogP contribution in [-0.2, 0) is 17.6 Å². The molecule has 0 saturated carbocycles. The highest BCUT2D eigenvalue weighted by Crippen LogP contribution is 2.30. The van der Waals surface area contributed by atoms with Gasteiger partial charge in [0.15, 0.2) is 0 Å². The van der Waals surface area contributed by atoms with Crippen LogP contribution in [0.3, 0.4) is 0 Å². The van der Waals surface area contributed by atoms with Gasteiger partial charge in [-0.25, -0.2) is 4.98 Å². The van der Waals surface area contributed by atoms with Gasteiger partial charge in [-0.2, -0.15) is 0 Å². The van der Waals surface area contributed by atoms with Crippen molar-refractivity contribution >= 4 is 34.2 Å². The Morgan fingerprint density at radius 2 is 1.67 bits per heavy atom. The summed E-state index contributed by atoms with van der Waals surface area (Å²) in [5.74, 6) is 1.75. The zero-order chi connectivity index (χ0) is 25.5. The number of nitrogens with zero attached hydrogens (tertiary/aromatic N) is 1. The fraction of sp³-hybridized carbons (Fsp3) is 0.250. The Balaban J connectivity index is 1.45. The van der Waals surface area contributed by atoms with Crippen molar-refractivity contribution < 1.29 is 19.1 Å². The number of benzene rings is 3. The molecule has 0 aliphatic heterocycles. The summed E-state index contributed by atoms with van der Waals surface area (Å²) in [6.07, 6.45) is 1.52. The summed E-state index contributed by atoms with van der Waals surface area (Å²) < 4.78 is 11.2. The molecule has 0 spiro atoms. The van der Waals surface area contributed by atoms with Crippen LogP contribution in [0.1, 0.15) is 42.5 Å². The molecule has 0 atom stereocenters. The van der Waals surface area contributed by atoms with Crippen LogP contribution in [0.25, 0.3) is 11.0 Å². The van der Waals surface area contributed by atoms with E-state index in [-0.39, 0.29) is 11.8 Å². The molecular formula is C28H30N4O4. The van der Waals surface area contributed by atoms with Crippen LogP contribution < -0.4 is 20.1 Å². The largest absolute Gasteiger partial charge is 0.494 e. The molecule has 186 valence electrons. The molecule has 4 rings (SSSR count). The Morgan fingerprint density at radius 3 is 2.39 bits per heavy atom. The molecule has 0 unspecified atom stereocenters. The predicted octanol–water partition coefficient (Wildman–Crippen LogP) is 5.36. The number of hydrogen-bond acceptors (Lipinski definition) is 5. The third-order valence-electron chi connectivity index (χ3n) is 5.53. The lowest BCUT2D eigenvalue weighted by atomic mass is 10.1. The van der Waals surface area contributed by atoms with Crippen LogP contribution in [-0.4, -0.2) is 35.0 Å². The van der Waals surface area contributed by atoms with Gasteiger partial charge in [-0.1, -0.05) is 12.1 Å². The number of amides is 2. The van der Waals surface area contributed by atoms with Gasteiger partial charge in [-0.05, 0) is 68.3 Å². The Labute approximate surface area is 210 Å². The van der Waals surface area contributed by atoms with E-state index in [1.54, 1.807) is 24.3 Å². The third kappa shape index (κ3) is 6.21. The van der Waals surface area contributed by atoms with E-state index >= 15 is 0 Å². The van der Waals surface area contributed by atoms with Gasteiger partial charge in [0.1, 0.15) is 17.3 Å². The molecule has 1 heterocycles. The fourth-order valence-electron chi connectivity index (χ4n) is 3.88. The lowest BCUT2D eigenvalue weighted by Gasteiger charge is -2.13. The number of aryl methyl sites for hydroxylation is 2. The maximum absolute atomic E-state index is 13.0. The van der Waals surface area contributed by atoms with Gasteiger partial charge in [-0.3, -0.25) is 9.59 Å². The number of imidazole rings is 1. The molecule has 1 aromatic heterocycles. The minimum absolute atomic E-state index is 0.0909. The molecule has 3 aromatic carbocycles. The van der Waals surface area contributed by atoms with Crippen LogP contribution in [0, 0.1) is 0 Å². The quantitative estimate of drug-likeness (QED) is 0.280. The van der Waals surface area contributed by atoms with Crippen LogP contribution in [0.15, 0.2) is 60.7 Å². The molecule has 2 amide bonds. The first-order valence-corrected chi connectivity index (χ1v) is 12.0. The summed E-state index contributed by atoms with van der Waals surface area (Å²) in [5.41, 5.74) is 4.59. The van der Waals surface area contributed by atoms with Crippen LogP contribution in [0.2, 0.25) is 0 Å². The van der Waals surface area contributed by atoms with Crippen molar-refractivity contribution in [3.63, 3.8) is 0 Å². The maximum Gasteiger partial charge on any atom is 0.255 e. The number of hydrogen-bond donors (Lipinski definition) is 3. The second kappa shape index (κ2) is 11.4. The first kappa shape index (κ1) is 24.8. The van der Waals surface area contributed by atoms with E-state index in [4.69, 9.17) is 9.47 Å². The number of carbonyl (C=O) groups excluding carboxylic acids is 2. The number of aromatic amines is 1. The van der Waals surface area contributed by atoms with Crippen LogP contribution in [0.4, 0.5) is 11.4 Å². The molecule has 0 aliphatic rings. The zero-order valence-electron chi connectivity index (χ0n) is 20.7. The SMILES string of the molecule is CCOc1ccc(OCC)c(NC(=O)c2ccc3nc(CCc4ccc(NC(C)=O)cc4)[nH]c3c2)c1. The predicted molar refractivity (Wildman–Crippen MR) is 141 cm³/mol. The Kier molecular flexibility index (Phi) is 7.85. The van der Waals surface area contributed by atoms with Crippen molar-refractivity contribution in [1.29, 1.82) is 0 Å². The van der Waals surface area contributed by atoms with E-state index in [1.165, 1.54) is 6.92 Å². The molecule has 0 aliphatic carbocycles. The number of carbonyl (C=O) groups is 2. The summed E-state index contributed by atoms with van der Waals surface area (Å²) in [5, 5.41) is 5.71. The van der Waals surface area contributed by atoms with Gasteiger partial charge in [0, 0.05) is 30.7 Å².